The smallest absolute Gasteiger partial charge is 0.343 e. The molecule has 0 aromatic heterocycles. The normalized spacial score (nSPS) is 13.6. The van der Waals surface area contributed by atoms with E-state index in [-0.39, 0.29) is 28.0 Å². The molecule has 0 amide bonds. The number of aryl methyl sites for hydroxylation is 4. The van der Waals surface area contributed by atoms with E-state index in [1.165, 1.54) is 36.4 Å². The quantitative estimate of drug-likeness (QED) is 0.0189. The lowest BCUT2D eigenvalue weighted by atomic mass is 9.84. The Labute approximate surface area is 510 Å². The number of methoxy groups -OCH3 is 1. The van der Waals surface area contributed by atoms with Gasteiger partial charge in [-0.25, -0.2) is 9.59 Å². The summed E-state index contributed by atoms with van der Waals surface area (Å²) in [6, 6.07) is 51.7. The Bertz CT molecular complexity index is 4340. The van der Waals surface area contributed by atoms with E-state index in [4.69, 9.17) is 28.4 Å². The van der Waals surface area contributed by atoms with Gasteiger partial charge in [0.15, 0.2) is 11.5 Å². The van der Waals surface area contributed by atoms with Gasteiger partial charge in [-0.1, -0.05) is 143 Å². The number of unbranched alkanes of at least 4 members (excludes halogenated alkanes) is 3. The third-order valence-electron chi connectivity index (χ3n) is 16.6. The highest BCUT2D eigenvalue weighted by Crippen LogP contribution is 2.33. The van der Waals surface area contributed by atoms with Crippen LogP contribution in [-0.4, -0.2) is 52.1 Å². The maximum atomic E-state index is 14.5. The van der Waals surface area contributed by atoms with Crippen LogP contribution in [0.5, 0.6) is 23.0 Å². The van der Waals surface area contributed by atoms with Gasteiger partial charge in [0.05, 0.1) is 67.9 Å². The summed E-state index contributed by atoms with van der Waals surface area (Å²) in [4.78, 5) is 27.9. The minimum Gasteiger partial charge on any atom is -0.494 e. The molecule has 87 heavy (non-hydrogen) atoms. The topological polar surface area (TPSA) is 137 Å². The molecule has 10 heteroatoms. The van der Waals surface area contributed by atoms with Gasteiger partial charge in [0.2, 0.25) is 0 Å². The van der Waals surface area contributed by atoms with Crippen LogP contribution in [0.3, 0.4) is 0 Å². The van der Waals surface area contributed by atoms with Gasteiger partial charge in [-0.2, -0.15) is 10.5 Å². The number of carbonyl (C=O) groups is 2. The van der Waals surface area contributed by atoms with Gasteiger partial charge < -0.3 is 28.4 Å². The Morgan fingerprint density at radius 3 is 1.63 bits per heavy atom. The lowest BCUT2D eigenvalue weighted by Gasteiger charge is -2.40. The predicted octanol–water partition coefficient (Wildman–Crippen LogP) is 16.4. The molecule has 0 spiro atoms. The first-order valence-electron chi connectivity index (χ1n) is 30.4. The fourth-order valence-electron chi connectivity index (χ4n) is 11.4. The standard InChI is InChI=1S/C77H74N2O8/c1-7-14-53-17-19-57-41-59(23-21-55(57)39-53)63(46-78)26-31-67-69-33-29-65(85-37-13-11-10-12-36-83-48-77(9-3)49-84-50-77)45-71(69)68(32-27-64(47-79)60-24-22-56-40-54(15-8-2)18-20-58(56)42-60)66-30-25-61(43-70(66)67)75(80)87-73-35-28-62(44-74(73)82-6)76(81)86-72-34-16-51(4)38-52(72)5/h16-35,38-45H,7-15,36-37,48-50H2,1-6H3/b63-26+,64-27+,67-31+,68-32+. The van der Waals surface area contributed by atoms with Gasteiger partial charge in [0.1, 0.15) is 11.5 Å². The van der Waals surface area contributed by atoms with Crippen molar-refractivity contribution in [2.45, 2.75) is 92.4 Å². The van der Waals surface area contributed by atoms with Crippen LogP contribution in [-0.2, 0) is 22.3 Å². The summed E-state index contributed by atoms with van der Waals surface area (Å²) in [5.41, 5.74) is 7.53. The van der Waals surface area contributed by atoms with E-state index in [2.05, 4.69) is 87.5 Å². The third kappa shape index (κ3) is 14.3. The van der Waals surface area contributed by atoms with E-state index < -0.39 is 11.9 Å². The van der Waals surface area contributed by atoms with Gasteiger partial charge in [-0.15, -0.1) is 0 Å². The number of benzene rings is 9. The number of fused-ring (bicyclic) bond motifs is 4. The van der Waals surface area contributed by atoms with Crippen LogP contribution >= 0.6 is 0 Å². The molecule has 0 bridgehead atoms. The van der Waals surface area contributed by atoms with Gasteiger partial charge in [0, 0.05) is 12.0 Å². The van der Waals surface area contributed by atoms with Crippen molar-refractivity contribution in [3.63, 3.8) is 0 Å². The number of nitrogens with zero attached hydrogens (tertiary/aromatic N) is 2. The molecule has 0 saturated carbocycles. The molecule has 0 unspecified atom stereocenters. The second kappa shape index (κ2) is 28.3. The van der Waals surface area contributed by atoms with E-state index >= 15 is 0 Å². The van der Waals surface area contributed by atoms with Crippen LogP contribution < -0.4 is 29.4 Å². The molecule has 10 nitrogen and oxygen atoms in total. The van der Waals surface area contributed by atoms with E-state index in [1.807, 2.05) is 92.7 Å². The van der Waals surface area contributed by atoms with Crippen molar-refractivity contribution in [1.82, 2.24) is 0 Å². The van der Waals surface area contributed by atoms with Crippen LogP contribution in [0.1, 0.15) is 120 Å². The second-order valence-electron chi connectivity index (χ2n) is 22.9. The maximum absolute atomic E-state index is 14.5. The Hall–Kier alpha value is -9.32. The van der Waals surface area contributed by atoms with Crippen molar-refractivity contribution in [1.29, 1.82) is 10.5 Å². The van der Waals surface area contributed by atoms with E-state index in [0.29, 0.717) is 34.6 Å². The van der Waals surface area contributed by atoms with Gasteiger partial charge in [-0.05, 0) is 207 Å². The SMILES string of the molecule is CCCc1ccc2cc(/C(C#N)=C/C=c3\c4ccc(C(=O)Oc5ccc(C(=O)Oc6ccc(C)cc6C)cc5OC)cc4/c(=C/C=C(\C#N)c4ccc5cc(CCC)ccc5c4)c4ccc(OCCCCCCOCC5(CC)COC5)cc34)ccc2c1. The Morgan fingerprint density at radius 1 is 0.540 bits per heavy atom. The number of hydrogen-bond donors (Lipinski definition) is 0. The number of allylic oxidation sites excluding steroid dienone is 4. The lowest BCUT2D eigenvalue weighted by molar-refractivity contribution is -0.150. The molecule has 9 aromatic carbocycles. The minimum atomic E-state index is -0.668. The molecule has 1 aliphatic heterocycles. The Morgan fingerprint density at radius 2 is 1.07 bits per heavy atom. The second-order valence-corrected chi connectivity index (χ2v) is 22.9. The summed E-state index contributed by atoms with van der Waals surface area (Å²) in [7, 11) is 1.44. The van der Waals surface area contributed by atoms with Crippen LogP contribution in [0.4, 0.5) is 0 Å². The zero-order valence-corrected chi connectivity index (χ0v) is 50.7. The summed E-state index contributed by atoms with van der Waals surface area (Å²) >= 11 is 0. The molecule has 10 rings (SSSR count). The van der Waals surface area contributed by atoms with Gasteiger partial charge >= 0.3 is 11.9 Å². The van der Waals surface area contributed by atoms with Crippen molar-refractivity contribution >= 4 is 78.3 Å². The maximum Gasteiger partial charge on any atom is 0.343 e. The highest BCUT2D eigenvalue weighted by Gasteiger charge is 2.37. The highest BCUT2D eigenvalue weighted by atomic mass is 16.6. The zero-order valence-electron chi connectivity index (χ0n) is 50.7. The molecule has 1 heterocycles. The summed E-state index contributed by atoms with van der Waals surface area (Å²) in [6.07, 6.45) is 16.6. The fraction of sp³-hybridized carbons (Fsp3) is 0.273. The molecular formula is C77H74N2O8. The average molecular weight is 1160 g/mol. The van der Waals surface area contributed by atoms with Crippen molar-refractivity contribution in [2.75, 3.05) is 40.1 Å². The molecule has 0 N–H and O–H groups in total. The minimum absolute atomic E-state index is 0.106. The molecule has 1 fully saturated rings. The fourth-order valence-corrected chi connectivity index (χ4v) is 11.4. The molecule has 440 valence electrons. The van der Waals surface area contributed by atoms with Gasteiger partial charge in [-0.3, -0.25) is 0 Å². The lowest BCUT2D eigenvalue weighted by Crippen LogP contribution is -2.45. The number of carbonyl (C=O) groups excluding carboxylic acids is 2. The molecule has 9 aromatic rings. The molecule has 1 saturated heterocycles. The zero-order chi connectivity index (χ0) is 60.9. The third-order valence-corrected chi connectivity index (χ3v) is 16.6. The van der Waals surface area contributed by atoms with Crippen molar-refractivity contribution in [3.8, 4) is 35.1 Å². The van der Waals surface area contributed by atoms with Crippen LogP contribution in [0.15, 0.2) is 158 Å². The van der Waals surface area contributed by atoms with Crippen molar-refractivity contribution < 1.29 is 38.0 Å². The van der Waals surface area contributed by atoms with E-state index in [1.54, 1.807) is 18.2 Å². The number of nitriles is 2. The van der Waals surface area contributed by atoms with Crippen LogP contribution in [0, 0.1) is 41.9 Å². The van der Waals surface area contributed by atoms with Crippen LogP contribution in [0.25, 0.3) is 66.4 Å². The molecule has 0 radical (unpaired) electrons. The molecular weight excluding hydrogens is 1080 g/mol. The molecule has 0 aliphatic carbocycles. The summed E-state index contributed by atoms with van der Waals surface area (Å²) in [6.45, 7) is 14.0. The average Bonchev–Trinajstić information content (AvgIpc) is 0.972. The van der Waals surface area contributed by atoms with E-state index in [9.17, 15) is 20.1 Å². The Balaban J connectivity index is 1.06. The van der Waals surface area contributed by atoms with E-state index in [0.717, 1.165) is 155 Å². The van der Waals surface area contributed by atoms with Crippen molar-refractivity contribution in [3.05, 3.63) is 213 Å². The predicted molar refractivity (Wildman–Crippen MR) is 350 cm³/mol. The number of rotatable bonds is 24. The number of ether oxygens (including phenoxy) is 6. The summed E-state index contributed by atoms with van der Waals surface area (Å²) < 4.78 is 35.6. The Kier molecular flexibility index (Phi) is 19.7. The van der Waals surface area contributed by atoms with Crippen molar-refractivity contribution in [2.24, 2.45) is 5.41 Å². The molecule has 1 aliphatic rings. The first-order chi connectivity index (χ1) is 42.4. The largest absolute Gasteiger partial charge is 0.494 e. The molecule has 0 atom stereocenters. The van der Waals surface area contributed by atoms with Gasteiger partial charge in [0.25, 0.3) is 0 Å². The van der Waals surface area contributed by atoms with Crippen LogP contribution in [0.2, 0.25) is 0 Å². The number of hydrogen-bond acceptors (Lipinski definition) is 10. The summed E-state index contributed by atoms with van der Waals surface area (Å²) in [5.74, 6) is 0.137. The first-order valence-corrected chi connectivity index (χ1v) is 30.4. The monoisotopic (exact) mass is 1150 g/mol. The summed E-state index contributed by atoms with van der Waals surface area (Å²) in [5, 5.41) is 30.7. The first kappa shape index (κ1) is 60.8. The number of esters is 2. The highest BCUT2D eigenvalue weighted by molar-refractivity contribution is 6.06.